The topological polar surface area (TPSA) is 79.4 Å². The zero-order valence-electron chi connectivity index (χ0n) is 7.03. The predicted octanol–water partition coefficient (Wildman–Crippen LogP) is 0.472. The van der Waals surface area contributed by atoms with E-state index in [4.69, 9.17) is 9.84 Å². The van der Waals surface area contributed by atoms with E-state index in [2.05, 4.69) is 4.98 Å². The average Bonchev–Trinajstić information content (AvgIpc) is 2.08. The summed E-state index contributed by atoms with van der Waals surface area (Å²) >= 11 is 0. The van der Waals surface area contributed by atoms with Gasteiger partial charge in [-0.1, -0.05) is 0 Å². The van der Waals surface area contributed by atoms with Crippen LogP contribution in [0, 0.1) is 0 Å². The molecule has 1 aromatic rings. The summed E-state index contributed by atoms with van der Waals surface area (Å²) in [5, 5.41) is 8.68. The lowest BCUT2D eigenvalue weighted by Crippen LogP contribution is -2.15. The lowest BCUT2D eigenvalue weighted by atomic mass is 10.2. The molecule has 0 aromatic carbocycles. The van der Waals surface area contributed by atoms with Gasteiger partial charge in [0.25, 0.3) is 5.56 Å². The van der Waals surface area contributed by atoms with E-state index in [-0.39, 0.29) is 17.9 Å². The van der Waals surface area contributed by atoms with Gasteiger partial charge in [-0.15, -0.1) is 0 Å². The molecule has 0 bridgehead atoms. The van der Waals surface area contributed by atoms with Gasteiger partial charge in [0.2, 0.25) is 0 Å². The summed E-state index contributed by atoms with van der Waals surface area (Å²) in [5.74, 6) is -1.31. The molecule has 0 unspecified atom stereocenters. The van der Waals surface area contributed by atoms with Crippen molar-refractivity contribution in [1.82, 2.24) is 4.98 Å². The molecule has 0 fully saturated rings. The fourth-order valence-corrected chi connectivity index (χ4v) is 0.920. The van der Waals surface area contributed by atoms with Gasteiger partial charge in [-0.05, 0) is 13.0 Å². The third-order valence-electron chi connectivity index (χ3n) is 1.43. The second-order valence-electron chi connectivity index (χ2n) is 2.29. The number of aromatic carboxylic acids is 1. The Balaban J connectivity index is 3.25. The van der Waals surface area contributed by atoms with Gasteiger partial charge < -0.3 is 14.8 Å². The summed E-state index contributed by atoms with van der Waals surface area (Å²) in [6.07, 6.45) is 1.27. The van der Waals surface area contributed by atoms with Gasteiger partial charge in [-0.3, -0.25) is 4.79 Å². The van der Waals surface area contributed by atoms with Gasteiger partial charge in [-0.25, -0.2) is 4.79 Å². The minimum atomic E-state index is -1.17. The molecule has 0 spiro atoms. The highest BCUT2D eigenvalue weighted by molar-refractivity contribution is 5.90. The zero-order valence-corrected chi connectivity index (χ0v) is 7.03. The first-order valence-corrected chi connectivity index (χ1v) is 3.74. The number of aromatic amines is 1. The van der Waals surface area contributed by atoms with Crippen LogP contribution in [0.15, 0.2) is 17.1 Å². The highest BCUT2D eigenvalue weighted by atomic mass is 16.5. The molecular formula is C8H9NO4. The zero-order chi connectivity index (χ0) is 9.84. The van der Waals surface area contributed by atoms with Crippen LogP contribution in [-0.2, 0) is 0 Å². The van der Waals surface area contributed by atoms with Crippen LogP contribution in [-0.4, -0.2) is 22.7 Å². The Kier molecular flexibility index (Phi) is 2.69. The van der Waals surface area contributed by atoms with E-state index in [1.54, 1.807) is 6.92 Å². The second-order valence-corrected chi connectivity index (χ2v) is 2.29. The smallest absolute Gasteiger partial charge is 0.339 e. The number of carboxylic acids is 1. The van der Waals surface area contributed by atoms with Crippen molar-refractivity contribution in [2.24, 2.45) is 0 Å². The summed E-state index contributed by atoms with van der Waals surface area (Å²) < 4.78 is 4.90. The van der Waals surface area contributed by atoms with Crippen LogP contribution < -0.4 is 10.3 Å². The molecule has 1 heterocycles. The lowest BCUT2D eigenvalue weighted by Gasteiger charge is -2.03. The first-order valence-electron chi connectivity index (χ1n) is 3.74. The number of ether oxygens (including phenoxy) is 1. The standard InChI is InChI=1S/C8H9NO4/c1-2-13-6-5(8(11)12)3-4-9-7(6)10/h3-4H,2H2,1H3,(H,9,10)(H,11,12). The maximum atomic E-state index is 11.1. The molecule has 2 N–H and O–H groups in total. The van der Waals surface area contributed by atoms with Crippen molar-refractivity contribution in [3.8, 4) is 5.75 Å². The van der Waals surface area contributed by atoms with Crippen molar-refractivity contribution in [1.29, 1.82) is 0 Å². The van der Waals surface area contributed by atoms with E-state index < -0.39 is 11.5 Å². The Morgan fingerprint density at radius 2 is 2.38 bits per heavy atom. The third-order valence-corrected chi connectivity index (χ3v) is 1.43. The third kappa shape index (κ3) is 1.87. The predicted molar refractivity (Wildman–Crippen MR) is 45.2 cm³/mol. The van der Waals surface area contributed by atoms with Crippen molar-refractivity contribution in [2.75, 3.05) is 6.61 Å². The number of H-pyrrole nitrogens is 1. The Bertz CT molecular complexity index is 369. The van der Waals surface area contributed by atoms with Crippen molar-refractivity contribution >= 4 is 5.97 Å². The molecule has 0 saturated carbocycles. The first kappa shape index (κ1) is 9.31. The van der Waals surface area contributed by atoms with Gasteiger partial charge in [0, 0.05) is 6.20 Å². The van der Waals surface area contributed by atoms with E-state index in [9.17, 15) is 9.59 Å². The molecule has 0 radical (unpaired) electrons. The number of pyridine rings is 1. The molecule has 0 amide bonds. The molecule has 0 aliphatic heterocycles. The monoisotopic (exact) mass is 183 g/mol. The number of carbonyl (C=O) groups is 1. The molecule has 0 aliphatic carbocycles. The lowest BCUT2D eigenvalue weighted by molar-refractivity contribution is 0.0692. The molecule has 70 valence electrons. The second kappa shape index (κ2) is 3.75. The molecule has 0 atom stereocenters. The molecule has 5 nitrogen and oxygen atoms in total. The SMILES string of the molecule is CCOc1c(C(=O)O)cc[nH]c1=O. The van der Waals surface area contributed by atoms with Crippen LogP contribution in [0.25, 0.3) is 0 Å². The molecule has 13 heavy (non-hydrogen) atoms. The molecule has 1 aromatic heterocycles. The van der Waals surface area contributed by atoms with Crippen molar-refractivity contribution in [3.05, 3.63) is 28.2 Å². The highest BCUT2D eigenvalue weighted by Crippen LogP contribution is 2.10. The van der Waals surface area contributed by atoms with Gasteiger partial charge in [0.15, 0.2) is 5.75 Å². The van der Waals surface area contributed by atoms with E-state index >= 15 is 0 Å². The van der Waals surface area contributed by atoms with Crippen LogP contribution in [0.4, 0.5) is 0 Å². The van der Waals surface area contributed by atoms with E-state index in [0.29, 0.717) is 0 Å². The van der Waals surface area contributed by atoms with Crippen LogP contribution in [0.2, 0.25) is 0 Å². The fraction of sp³-hybridized carbons (Fsp3) is 0.250. The van der Waals surface area contributed by atoms with Gasteiger partial charge >= 0.3 is 5.97 Å². The Morgan fingerprint density at radius 1 is 1.69 bits per heavy atom. The molecule has 5 heteroatoms. The normalized spacial score (nSPS) is 9.62. The number of hydrogen-bond donors (Lipinski definition) is 2. The van der Waals surface area contributed by atoms with Gasteiger partial charge in [-0.2, -0.15) is 0 Å². The number of rotatable bonds is 3. The summed E-state index contributed by atoms with van der Waals surface area (Å²) in [6.45, 7) is 1.94. The number of carboxylic acid groups (broad SMARTS) is 1. The van der Waals surface area contributed by atoms with E-state index in [1.807, 2.05) is 0 Å². The quantitative estimate of drug-likeness (QED) is 0.713. The Hall–Kier alpha value is -1.78. The van der Waals surface area contributed by atoms with Crippen LogP contribution in [0.5, 0.6) is 5.75 Å². The summed E-state index contributed by atoms with van der Waals surface area (Å²) in [7, 11) is 0. The van der Waals surface area contributed by atoms with Crippen LogP contribution in [0.1, 0.15) is 17.3 Å². The summed E-state index contributed by atoms with van der Waals surface area (Å²) in [5.41, 5.74) is -0.646. The van der Waals surface area contributed by atoms with E-state index in [1.165, 1.54) is 12.3 Å². The van der Waals surface area contributed by atoms with Crippen molar-refractivity contribution in [3.63, 3.8) is 0 Å². The first-order chi connectivity index (χ1) is 6.16. The van der Waals surface area contributed by atoms with Crippen molar-refractivity contribution < 1.29 is 14.6 Å². The van der Waals surface area contributed by atoms with Crippen LogP contribution in [0.3, 0.4) is 0 Å². The average molecular weight is 183 g/mol. The molecule has 0 saturated heterocycles. The van der Waals surface area contributed by atoms with Crippen molar-refractivity contribution in [2.45, 2.75) is 6.92 Å². The fourth-order valence-electron chi connectivity index (χ4n) is 0.920. The van der Waals surface area contributed by atoms with Gasteiger partial charge in [0.05, 0.1) is 6.61 Å². The van der Waals surface area contributed by atoms with Gasteiger partial charge in [0.1, 0.15) is 5.56 Å². The Morgan fingerprint density at radius 3 is 2.92 bits per heavy atom. The summed E-state index contributed by atoms with van der Waals surface area (Å²) in [6, 6.07) is 1.29. The maximum absolute atomic E-state index is 11.1. The molecule has 0 aliphatic rings. The van der Waals surface area contributed by atoms with Crippen LogP contribution >= 0.6 is 0 Å². The molecular weight excluding hydrogens is 174 g/mol. The maximum Gasteiger partial charge on any atom is 0.339 e. The number of hydrogen-bond acceptors (Lipinski definition) is 3. The minimum absolute atomic E-state index is 0.120. The largest absolute Gasteiger partial charge is 0.488 e. The highest BCUT2D eigenvalue weighted by Gasteiger charge is 2.13. The summed E-state index contributed by atoms with van der Waals surface area (Å²) in [4.78, 5) is 24.0. The number of nitrogens with one attached hydrogen (secondary N) is 1. The molecule has 1 rings (SSSR count). The Labute approximate surface area is 74.0 Å². The van der Waals surface area contributed by atoms with E-state index in [0.717, 1.165) is 0 Å². The minimum Gasteiger partial charge on any atom is -0.488 e. The number of aromatic nitrogens is 1.